The van der Waals surface area contributed by atoms with Crippen molar-refractivity contribution in [3.05, 3.63) is 108 Å². The second kappa shape index (κ2) is 13.2. The van der Waals surface area contributed by atoms with Gasteiger partial charge in [0.1, 0.15) is 23.4 Å². The molecule has 0 saturated heterocycles. The van der Waals surface area contributed by atoms with Crippen molar-refractivity contribution in [2.45, 2.75) is 51.8 Å². The monoisotopic (exact) mass is 567 g/mol. The lowest BCUT2D eigenvalue weighted by atomic mass is 9.99. The van der Waals surface area contributed by atoms with Crippen LogP contribution >= 0.6 is 0 Å². The number of nitrogens with zero attached hydrogens (tertiary/aromatic N) is 1. The average Bonchev–Trinajstić information content (AvgIpc) is 2.95. The largest absolute Gasteiger partial charge is 0.508 e. The van der Waals surface area contributed by atoms with Gasteiger partial charge < -0.3 is 25.4 Å². The van der Waals surface area contributed by atoms with Crippen LogP contribution in [0.3, 0.4) is 0 Å². The molecule has 3 amide bonds. The number of rotatable bonds is 9. The summed E-state index contributed by atoms with van der Waals surface area (Å²) in [7, 11) is 0. The van der Waals surface area contributed by atoms with E-state index in [0.717, 1.165) is 16.3 Å². The zero-order valence-corrected chi connectivity index (χ0v) is 24.3. The van der Waals surface area contributed by atoms with Gasteiger partial charge in [0.2, 0.25) is 5.91 Å². The Balaban J connectivity index is 1.70. The molecule has 0 aliphatic heterocycles. The fourth-order valence-corrected chi connectivity index (χ4v) is 4.81. The zero-order valence-electron chi connectivity index (χ0n) is 24.3. The molecule has 0 aliphatic carbocycles. The Labute approximate surface area is 246 Å². The number of carbonyl (C=O) groups is 3. The van der Waals surface area contributed by atoms with Crippen LogP contribution in [0.1, 0.15) is 44.9 Å². The van der Waals surface area contributed by atoms with Crippen molar-refractivity contribution >= 4 is 34.4 Å². The number of alkyl carbamates (subject to hydrolysis) is 1. The van der Waals surface area contributed by atoms with Crippen LogP contribution in [0.5, 0.6) is 5.75 Å². The van der Waals surface area contributed by atoms with Crippen LogP contribution in [0.4, 0.5) is 10.5 Å². The Kier molecular flexibility index (Phi) is 9.47. The van der Waals surface area contributed by atoms with Crippen LogP contribution in [-0.4, -0.2) is 46.1 Å². The van der Waals surface area contributed by atoms with E-state index in [9.17, 15) is 19.5 Å². The smallest absolute Gasteiger partial charge is 0.408 e. The van der Waals surface area contributed by atoms with Gasteiger partial charge in [-0.15, -0.1) is 0 Å². The van der Waals surface area contributed by atoms with Crippen LogP contribution in [0.2, 0.25) is 0 Å². The van der Waals surface area contributed by atoms with Crippen LogP contribution < -0.4 is 10.6 Å². The molecule has 0 bridgehead atoms. The fraction of sp³-hybridized carbons (Fsp3) is 0.265. The maximum absolute atomic E-state index is 14.2. The van der Waals surface area contributed by atoms with E-state index in [4.69, 9.17) is 4.74 Å². The molecule has 0 saturated carbocycles. The van der Waals surface area contributed by atoms with Gasteiger partial charge in [-0.2, -0.15) is 0 Å². The number of likely N-dealkylation sites (N-methyl/N-ethyl adjacent to an activating group) is 1. The molecule has 8 heteroatoms. The molecular weight excluding hydrogens is 530 g/mol. The molecule has 4 rings (SSSR count). The summed E-state index contributed by atoms with van der Waals surface area (Å²) in [5, 5.41) is 18.4. The minimum atomic E-state index is -1.19. The second-order valence-corrected chi connectivity index (χ2v) is 11.0. The molecule has 0 aromatic heterocycles. The van der Waals surface area contributed by atoms with E-state index in [0.29, 0.717) is 5.69 Å². The number of fused-ring (bicyclic) bond motifs is 1. The predicted molar refractivity (Wildman–Crippen MR) is 164 cm³/mol. The van der Waals surface area contributed by atoms with Crippen LogP contribution in [-0.2, 0) is 20.7 Å². The first-order chi connectivity index (χ1) is 20.1. The number of ether oxygens (including phenoxy) is 1. The van der Waals surface area contributed by atoms with Gasteiger partial charge in [-0.3, -0.25) is 9.59 Å². The van der Waals surface area contributed by atoms with E-state index in [-0.39, 0.29) is 24.3 Å². The molecule has 4 aromatic rings. The topological polar surface area (TPSA) is 108 Å². The Morgan fingerprint density at radius 3 is 2.17 bits per heavy atom. The number of para-hydroxylation sites is 1. The van der Waals surface area contributed by atoms with E-state index in [1.54, 1.807) is 52.0 Å². The molecule has 42 heavy (non-hydrogen) atoms. The molecule has 0 fully saturated rings. The molecule has 218 valence electrons. The van der Waals surface area contributed by atoms with Crippen LogP contribution in [0.15, 0.2) is 97.1 Å². The number of aromatic hydroxyl groups is 1. The summed E-state index contributed by atoms with van der Waals surface area (Å²) in [6.45, 7) is 7.10. The molecule has 2 unspecified atom stereocenters. The molecular formula is C34H37N3O5. The van der Waals surface area contributed by atoms with Crippen molar-refractivity contribution in [3.8, 4) is 5.75 Å². The minimum Gasteiger partial charge on any atom is -0.508 e. The third-order valence-electron chi connectivity index (χ3n) is 6.70. The van der Waals surface area contributed by atoms with E-state index in [1.807, 2.05) is 66.7 Å². The first-order valence-electron chi connectivity index (χ1n) is 14.0. The summed E-state index contributed by atoms with van der Waals surface area (Å²) in [5.41, 5.74) is 0.868. The number of anilines is 1. The summed E-state index contributed by atoms with van der Waals surface area (Å²) in [6, 6.07) is 26.9. The molecule has 4 aromatic carbocycles. The Hall–Kier alpha value is -4.85. The maximum Gasteiger partial charge on any atom is 0.408 e. The summed E-state index contributed by atoms with van der Waals surface area (Å²) in [6.07, 6.45) is -0.567. The van der Waals surface area contributed by atoms with Crippen molar-refractivity contribution < 1.29 is 24.2 Å². The number of phenolic OH excluding ortho intramolecular Hbond substituents is 1. The number of benzene rings is 4. The lowest BCUT2D eigenvalue weighted by molar-refractivity contribution is -0.140. The molecule has 0 radical (unpaired) electrons. The first-order valence-corrected chi connectivity index (χ1v) is 14.0. The summed E-state index contributed by atoms with van der Waals surface area (Å²) in [5.74, 6) is -1.12. The van der Waals surface area contributed by atoms with Crippen molar-refractivity contribution in [1.29, 1.82) is 0 Å². The Bertz CT molecular complexity index is 1550. The molecule has 0 heterocycles. The van der Waals surface area contributed by atoms with Crippen LogP contribution in [0, 0.1) is 0 Å². The average molecular weight is 568 g/mol. The van der Waals surface area contributed by atoms with Crippen molar-refractivity contribution in [2.75, 3.05) is 11.9 Å². The highest BCUT2D eigenvalue weighted by Gasteiger charge is 2.37. The van der Waals surface area contributed by atoms with Gasteiger partial charge in [0.15, 0.2) is 0 Å². The first kappa shape index (κ1) is 30.1. The zero-order chi connectivity index (χ0) is 30.3. The van der Waals surface area contributed by atoms with Gasteiger partial charge in [0.05, 0.1) is 0 Å². The van der Waals surface area contributed by atoms with Gasteiger partial charge >= 0.3 is 6.09 Å². The summed E-state index contributed by atoms with van der Waals surface area (Å²) >= 11 is 0. The number of hydrogen-bond acceptors (Lipinski definition) is 5. The van der Waals surface area contributed by atoms with E-state index < -0.39 is 35.6 Å². The number of hydrogen-bond donors (Lipinski definition) is 3. The Morgan fingerprint density at radius 2 is 1.50 bits per heavy atom. The third kappa shape index (κ3) is 7.66. The summed E-state index contributed by atoms with van der Waals surface area (Å²) < 4.78 is 5.46. The second-order valence-electron chi connectivity index (χ2n) is 11.0. The van der Waals surface area contributed by atoms with Gasteiger partial charge in [-0.1, -0.05) is 78.9 Å². The van der Waals surface area contributed by atoms with E-state index in [2.05, 4.69) is 10.6 Å². The van der Waals surface area contributed by atoms with Gasteiger partial charge in [0.25, 0.3) is 5.91 Å². The SMILES string of the molecule is CCN(C(=O)C(Cc1ccccc1)NC(=O)OC(C)(C)C)C(C(=O)Nc1ccc2ccccc2c1)c1ccccc1O. The normalized spacial score (nSPS) is 12.7. The maximum atomic E-state index is 14.2. The predicted octanol–water partition coefficient (Wildman–Crippen LogP) is 6.21. The highest BCUT2D eigenvalue weighted by atomic mass is 16.6. The number of amides is 3. The van der Waals surface area contributed by atoms with Crippen LogP contribution in [0.25, 0.3) is 10.8 Å². The quantitative estimate of drug-likeness (QED) is 0.223. The highest BCUT2D eigenvalue weighted by Crippen LogP contribution is 2.31. The van der Waals surface area contributed by atoms with Gasteiger partial charge in [0, 0.05) is 24.2 Å². The van der Waals surface area contributed by atoms with Gasteiger partial charge in [-0.25, -0.2) is 4.79 Å². The van der Waals surface area contributed by atoms with E-state index >= 15 is 0 Å². The van der Waals surface area contributed by atoms with Gasteiger partial charge in [-0.05, 0) is 62.2 Å². The lowest BCUT2D eigenvalue weighted by Crippen LogP contribution is -2.53. The molecule has 8 nitrogen and oxygen atoms in total. The highest BCUT2D eigenvalue weighted by molar-refractivity contribution is 6.00. The molecule has 0 aliphatic rings. The standard InChI is InChI=1S/C34H37N3O5/c1-5-37(32(40)28(21-23-13-7-6-8-14-23)36-33(41)42-34(2,3)4)30(27-17-11-12-18-29(27)38)31(39)35-26-20-19-24-15-9-10-16-25(24)22-26/h6-20,22,28,30,38H,5,21H2,1-4H3,(H,35,39)(H,36,41). The third-order valence-corrected chi connectivity index (χ3v) is 6.70. The van der Waals surface area contributed by atoms with E-state index in [1.165, 1.54) is 11.0 Å². The van der Waals surface area contributed by atoms with Crippen molar-refractivity contribution in [1.82, 2.24) is 10.2 Å². The molecule has 3 N–H and O–H groups in total. The van der Waals surface area contributed by atoms with Crippen molar-refractivity contribution in [2.24, 2.45) is 0 Å². The number of nitrogens with one attached hydrogen (secondary N) is 2. The fourth-order valence-electron chi connectivity index (χ4n) is 4.81. The Morgan fingerprint density at radius 1 is 0.857 bits per heavy atom. The minimum absolute atomic E-state index is 0.123. The number of phenols is 1. The van der Waals surface area contributed by atoms with Crippen molar-refractivity contribution in [3.63, 3.8) is 0 Å². The molecule has 2 atom stereocenters. The summed E-state index contributed by atoms with van der Waals surface area (Å²) in [4.78, 5) is 42.4. The number of carbonyl (C=O) groups excluding carboxylic acids is 3. The lowest BCUT2D eigenvalue weighted by Gasteiger charge is -2.34. The molecule has 0 spiro atoms.